The van der Waals surface area contributed by atoms with E-state index in [2.05, 4.69) is 9.71 Å². The van der Waals surface area contributed by atoms with Crippen molar-refractivity contribution in [3.8, 4) is 0 Å². The van der Waals surface area contributed by atoms with E-state index in [0.29, 0.717) is 0 Å². The van der Waals surface area contributed by atoms with Gasteiger partial charge in [0.2, 0.25) is 10.0 Å². The van der Waals surface area contributed by atoms with Gasteiger partial charge in [0, 0.05) is 6.20 Å². The molecule has 6 heteroatoms. The largest absolute Gasteiger partial charge is 0.395 e. The molecule has 0 bridgehead atoms. The van der Waals surface area contributed by atoms with Crippen molar-refractivity contribution in [2.45, 2.75) is 19.9 Å². The second kappa shape index (κ2) is 5.93. The summed E-state index contributed by atoms with van der Waals surface area (Å²) in [6, 6.07) is 3.74. The van der Waals surface area contributed by atoms with Crippen molar-refractivity contribution in [1.82, 2.24) is 9.71 Å². The third-order valence-electron chi connectivity index (χ3n) is 2.18. The highest BCUT2D eigenvalue weighted by molar-refractivity contribution is 7.89. The molecule has 0 saturated carbocycles. The average molecular weight is 244 g/mol. The van der Waals surface area contributed by atoms with Gasteiger partial charge in [-0.3, -0.25) is 4.98 Å². The number of rotatable bonds is 6. The summed E-state index contributed by atoms with van der Waals surface area (Å²) in [5.41, 5.74) is 1.75. The van der Waals surface area contributed by atoms with Crippen LogP contribution in [0.25, 0.3) is 0 Å². The van der Waals surface area contributed by atoms with E-state index >= 15 is 0 Å². The van der Waals surface area contributed by atoms with Gasteiger partial charge in [0.25, 0.3) is 0 Å². The first-order chi connectivity index (χ1) is 7.59. The maximum Gasteiger partial charge on any atom is 0.214 e. The van der Waals surface area contributed by atoms with Gasteiger partial charge < -0.3 is 5.11 Å². The third kappa shape index (κ3) is 3.88. The van der Waals surface area contributed by atoms with Gasteiger partial charge in [0.15, 0.2) is 0 Å². The second-order valence-corrected chi connectivity index (χ2v) is 5.25. The summed E-state index contributed by atoms with van der Waals surface area (Å²) in [7, 11) is -3.39. The van der Waals surface area contributed by atoms with Crippen LogP contribution in [-0.2, 0) is 23.0 Å². The zero-order valence-electron chi connectivity index (χ0n) is 9.18. The summed E-state index contributed by atoms with van der Waals surface area (Å²) in [4.78, 5) is 4.12. The maximum atomic E-state index is 11.3. The molecule has 1 aromatic heterocycles. The zero-order valence-corrected chi connectivity index (χ0v) is 10.00. The molecule has 0 amide bonds. The molecule has 1 aromatic rings. The van der Waals surface area contributed by atoms with Gasteiger partial charge in [-0.05, 0) is 18.1 Å². The lowest BCUT2D eigenvalue weighted by molar-refractivity contribution is 0.319. The van der Waals surface area contributed by atoms with Gasteiger partial charge in [-0.1, -0.05) is 13.0 Å². The van der Waals surface area contributed by atoms with Gasteiger partial charge in [-0.25, -0.2) is 13.1 Å². The number of pyridine rings is 1. The molecule has 0 radical (unpaired) electrons. The number of aromatic nitrogens is 1. The van der Waals surface area contributed by atoms with Gasteiger partial charge in [0.05, 0.1) is 24.6 Å². The number of hydrogen-bond donors (Lipinski definition) is 2. The Hall–Kier alpha value is -0.980. The minimum atomic E-state index is -3.39. The Balaban J connectivity index is 2.68. The molecular formula is C10H16N2O3S. The molecule has 1 heterocycles. The summed E-state index contributed by atoms with van der Waals surface area (Å²) in [6.45, 7) is 1.78. The molecule has 16 heavy (non-hydrogen) atoms. The van der Waals surface area contributed by atoms with Gasteiger partial charge in [-0.2, -0.15) is 0 Å². The molecule has 5 nitrogen and oxygen atoms in total. The van der Waals surface area contributed by atoms with Crippen LogP contribution in [0.1, 0.15) is 18.2 Å². The monoisotopic (exact) mass is 244 g/mol. The predicted octanol–water partition coefficient (Wildman–Crippen LogP) is 0.0557. The summed E-state index contributed by atoms with van der Waals surface area (Å²) < 4.78 is 25.0. The van der Waals surface area contributed by atoms with Crippen LogP contribution < -0.4 is 4.72 Å². The van der Waals surface area contributed by atoms with E-state index in [1.54, 1.807) is 6.20 Å². The highest BCUT2D eigenvalue weighted by Crippen LogP contribution is 2.05. The molecule has 0 spiro atoms. The van der Waals surface area contributed by atoms with Gasteiger partial charge in [0.1, 0.15) is 0 Å². The Morgan fingerprint density at radius 2 is 2.25 bits per heavy atom. The maximum absolute atomic E-state index is 11.3. The molecule has 0 atom stereocenters. The number of nitrogens with one attached hydrogen (secondary N) is 1. The predicted molar refractivity (Wildman–Crippen MR) is 61.3 cm³/mol. The number of aryl methyl sites for hydroxylation is 1. The third-order valence-corrected chi connectivity index (χ3v) is 3.49. The first-order valence-electron chi connectivity index (χ1n) is 5.10. The fraction of sp³-hybridized carbons (Fsp3) is 0.500. The normalized spacial score (nSPS) is 11.6. The minimum Gasteiger partial charge on any atom is -0.395 e. The lowest BCUT2D eigenvalue weighted by atomic mass is 10.1. The van der Waals surface area contributed by atoms with Crippen molar-refractivity contribution < 1.29 is 13.5 Å². The smallest absolute Gasteiger partial charge is 0.214 e. The first kappa shape index (κ1) is 13.1. The molecule has 0 fully saturated rings. The molecule has 2 N–H and O–H groups in total. The first-order valence-corrected chi connectivity index (χ1v) is 6.75. The van der Waals surface area contributed by atoms with Crippen molar-refractivity contribution >= 4 is 10.0 Å². The molecule has 0 aliphatic carbocycles. The van der Waals surface area contributed by atoms with Crippen molar-refractivity contribution in [2.75, 3.05) is 12.4 Å². The molecule has 0 aliphatic heterocycles. The molecule has 1 rings (SSSR count). The Morgan fingerprint density at radius 1 is 1.50 bits per heavy atom. The number of nitrogens with zero attached hydrogens (tertiary/aromatic N) is 1. The topological polar surface area (TPSA) is 79.3 Å². The molecule has 0 unspecified atom stereocenters. The Bertz CT molecular complexity index is 431. The Kier molecular flexibility index (Phi) is 4.85. The van der Waals surface area contributed by atoms with Crippen LogP contribution >= 0.6 is 0 Å². The van der Waals surface area contributed by atoms with E-state index in [9.17, 15) is 8.42 Å². The summed E-state index contributed by atoms with van der Waals surface area (Å²) in [5.74, 6) is -0.276. The van der Waals surface area contributed by atoms with Crippen LogP contribution in [0.3, 0.4) is 0 Å². The number of aliphatic hydroxyl groups excluding tert-OH is 1. The lowest BCUT2D eigenvalue weighted by Crippen LogP contribution is -2.28. The van der Waals surface area contributed by atoms with E-state index in [0.717, 1.165) is 17.7 Å². The zero-order chi connectivity index (χ0) is 12.0. The highest BCUT2D eigenvalue weighted by Gasteiger charge is 2.10. The highest BCUT2D eigenvalue weighted by atomic mass is 32.2. The number of hydrogen-bond acceptors (Lipinski definition) is 4. The van der Waals surface area contributed by atoms with Gasteiger partial charge >= 0.3 is 0 Å². The van der Waals surface area contributed by atoms with Crippen LogP contribution in [0, 0.1) is 0 Å². The van der Waals surface area contributed by atoms with Crippen molar-refractivity contribution in [3.05, 3.63) is 29.6 Å². The quantitative estimate of drug-likeness (QED) is 0.741. The molecule has 0 aromatic carbocycles. The van der Waals surface area contributed by atoms with Crippen LogP contribution in [0.4, 0.5) is 0 Å². The summed E-state index contributed by atoms with van der Waals surface area (Å²) >= 11 is 0. The van der Waals surface area contributed by atoms with Crippen LogP contribution in [0.5, 0.6) is 0 Å². The molecular weight excluding hydrogens is 228 g/mol. The van der Waals surface area contributed by atoms with E-state index in [1.165, 1.54) is 0 Å². The van der Waals surface area contributed by atoms with Crippen molar-refractivity contribution in [1.29, 1.82) is 0 Å². The van der Waals surface area contributed by atoms with Crippen molar-refractivity contribution in [2.24, 2.45) is 0 Å². The van der Waals surface area contributed by atoms with E-state index in [4.69, 9.17) is 5.11 Å². The van der Waals surface area contributed by atoms with Gasteiger partial charge in [-0.15, -0.1) is 0 Å². The fourth-order valence-electron chi connectivity index (χ4n) is 1.32. The Morgan fingerprint density at radius 3 is 2.88 bits per heavy atom. The fourth-order valence-corrected chi connectivity index (χ4v) is 2.06. The van der Waals surface area contributed by atoms with E-state index in [-0.39, 0.29) is 18.9 Å². The summed E-state index contributed by atoms with van der Waals surface area (Å²) in [5, 5.41) is 8.57. The standard InChI is InChI=1S/C10H16N2O3S/c1-2-9-4-3-5-11-10(9)8-12-16(14,15)7-6-13/h3-5,12-13H,2,6-8H2,1H3. The average Bonchev–Trinajstić information content (AvgIpc) is 2.27. The molecule has 0 saturated heterocycles. The number of sulfonamides is 1. The van der Waals surface area contributed by atoms with Crippen LogP contribution in [0.15, 0.2) is 18.3 Å². The lowest BCUT2D eigenvalue weighted by Gasteiger charge is -2.08. The second-order valence-electron chi connectivity index (χ2n) is 3.33. The van der Waals surface area contributed by atoms with Crippen LogP contribution in [0.2, 0.25) is 0 Å². The minimum absolute atomic E-state index is 0.173. The van der Waals surface area contributed by atoms with E-state index < -0.39 is 10.0 Å². The molecule has 90 valence electrons. The van der Waals surface area contributed by atoms with E-state index in [1.807, 2.05) is 19.1 Å². The van der Waals surface area contributed by atoms with Crippen LogP contribution in [-0.4, -0.2) is 30.9 Å². The Labute approximate surface area is 95.6 Å². The SMILES string of the molecule is CCc1cccnc1CNS(=O)(=O)CCO. The van der Waals surface area contributed by atoms with Crippen molar-refractivity contribution in [3.63, 3.8) is 0 Å². The molecule has 0 aliphatic rings. The summed E-state index contributed by atoms with van der Waals surface area (Å²) in [6.07, 6.45) is 2.44. The number of aliphatic hydroxyl groups is 1.